The minimum absolute atomic E-state index is 0. The summed E-state index contributed by atoms with van der Waals surface area (Å²) in [4.78, 5) is 1.35. The largest absolute Gasteiger partial charge is 0.310 e. The van der Waals surface area contributed by atoms with Crippen LogP contribution in [0.25, 0.3) is 0 Å². The van der Waals surface area contributed by atoms with Gasteiger partial charge < -0.3 is 0 Å². The van der Waals surface area contributed by atoms with E-state index in [0.29, 0.717) is 0 Å². The van der Waals surface area contributed by atoms with Crippen molar-refractivity contribution < 1.29 is 37.5 Å². The van der Waals surface area contributed by atoms with E-state index < -0.39 is 0 Å². The SMILES string of the molecule is [CH2-][n+]1nc(C(C)(C)C)n[nH]1.[Y]. The van der Waals surface area contributed by atoms with Gasteiger partial charge in [0.15, 0.2) is 0 Å². The van der Waals surface area contributed by atoms with Crippen molar-refractivity contribution in [1.29, 1.82) is 0 Å². The molecule has 0 atom stereocenters. The van der Waals surface area contributed by atoms with Crippen LogP contribution in [0.5, 0.6) is 0 Å². The zero-order chi connectivity index (χ0) is 7.78. The Morgan fingerprint density at radius 3 is 2.18 bits per heavy atom. The summed E-state index contributed by atoms with van der Waals surface area (Å²) < 4.78 is 0. The number of hydrogen-bond donors (Lipinski definition) is 1. The van der Waals surface area contributed by atoms with Crippen LogP contribution in [0.3, 0.4) is 0 Å². The molecule has 0 saturated heterocycles. The molecule has 59 valence electrons. The fourth-order valence-corrected chi connectivity index (χ4v) is 0.582. The second-order valence-corrected chi connectivity index (χ2v) is 3.28. The first-order valence-electron chi connectivity index (χ1n) is 3.16. The van der Waals surface area contributed by atoms with Gasteiger partial charge in [-0.15, -0.1) is 0 Å². The summed E-state index contributed by atoms with van der Waals surface area (Å²) in [6.07, 6.45) is 0. The van der Waals surface area contributed by atoms with Gasteiger partial charge in [-0.25, -0.2) is 0 Å². The first-order valence-corrected chi connectivity index (χ1v) is 3.16. The molecule has 0 unspecified atom stereocenters. The monoisotopic (exact) mass is 229 g/mol. The van der Waals surface area contributed by atoms with E-state index in [4.69, 9.17) is 0 Å². The smallest absolute Gasteiger partial charge is 0.196 e. The van der Waals surface area contributed by atoms with Gasteiger partial charge in [0.25, 0.3) is 0 Å². The summed E-state index contributed by atoms with van der Waals surface area (Å²) in [5.74, 6) is 0.780. The van der Waals surface area contributed by atoms with Crippen LogP contribution in [-0.4, -0.2) is 15.4 Å². The Labute approximate surface area is 91.6 Å². The number of aromatic nitrogens is 4. The quantitative estimate of drug-likeness (QED) is 0.503. The maximum Gasteiger partial charge on any atom is 0.310 e. The molecule has 1 aromatic rings. The van der Waals surface area contributed by atoms with Gasteiger partial charge in [0.05, 0.1) is 10.5 Å². The van der Waals surface area contributed by atoms with Crippen LogP contribution in [0, 0.1) is 7.05 Å². The zero-order valence-electron chi connectivity index (χ0n) is 7.13. The summed E-state index contributed by atoms with van der Waals surface area (Å²) >= 11 is 0. The van der Waals surface area contributed by atoms with E-state index in [1.807, 2.05) is 0 Å². The van der Waals surface area contributed by atoms with Crippen molar-refractivity contribution in [3.63, 3.8) is 0 Å². The molecule has 1 radical (unpaired) electrons. The molecule has 0 aliphatic rings. The minimum atomic E-state index is -0.000556. The van der Waals surface area contributed by atoms with Gasteiger partial charge in [0.2, 0.25) is 0 Å². The molecule has 0 amide bonds. The molecule has 1 N–H and O–H groups in total. The summed E-state index contributed by atoms with van der Waals surface area (Å²) in [6, 6.07) is 0. The molecule has 5 heteroatoms. The first-order chi connectivity index (χ1) is 4.50. The third-order valence-electron chi connectivity index (χ3n) is 1.16. The Balaban J connectivity index is 0.000001000. The van der Waals surface area contributed by atoms with Crippen LogP contribution in [-0.2, 0) is 38.1 Å². The van der Waals surface area contributed by atoms with E-state index in [0.717, 1.165) is 5.82 Å². The normalized spacial score (nSPS) is 10.8. The summed E-state index contributed by atoms with van der Waals surface area (Å²) in [5, 5.41) is 10.6. The van der Waals surface area contributed by atoms with Gasteiger partial charge in [0.1, 0.15) is 0 Å². The van der Waals surface area contributed by atoms with E-state index >= 15 is 0 Å². The molecule has 4 nitrogen and oxygen atoms in total. The number of nitrogens with zero attached hydrogens (tertiary/aromatic N) is 3. The molecule has 0 bridgehead atoms. The molecule has 11 heavy (non-hydrogen) atoms. The van der Waals surface area contributed by atoms with Crippen molar-refractivity contribution in [2.45, 2.75) is 26.2 Å². The van der Waals surface area contributed by atoms with Crippen molar-refractivity contribution in [1.82, 2.24) is 15.4 Å². The molecule has 0 aromatic carbocycles. The van der Waals surface area contributed by atoms with E-state index in [9.17, 15) is 0 Å². The van der Waals surface area contributed by atoms with Crippen LogP contribution < -0.4 is 4.80 Å². The maximum atomic E-state index is 4.02. The Morgan fingerprint density at radius 1 is 1.45 bits per heavy atom. The Morgan fingerprint density at radius 2 is 2.00 bits per heavy atom. The van der Waals surface area contributed by atoms with Crippen molar-refractivity contribution >= 4 is 0 Å². The molecule has 0 aliphatic heterocycles. The van der Waals surface area contributed by atoms with Gasteiger partial charge in [-0.05, 0) is 5.10 Å². The number of rotatable bonds is 0. The van der Waals surface area contributed by atoms with Crippen LogP contribution in [0.15, 0.2) is 0 Å². The molecule has 0 fully saturated rings. The second kappa shape index (κ2) is 3.63. The Kier molecular flexibility index (Phi) is 3.64. The number of tetrazole rings is 1. The molecular formula is C6H12N4Y. The van der Waals surface area contributed by atoms with Crippen molar-refractivity contribution in [3.05, 3.63) is 12.9 Å². The van der Waals surface area contributed by atoms with Crippen LogP contribution in [0.4, 0.5) is 0 Å². The van der Waals surface area contributed by atoms with Crippen molar-refractivity contribution in [2.24, 2.45) is 0 Å². The fraction of sp³-hybridized carbons (Fsp3) is 0.667. The standard InChI is InChI=1S/C6H12N4.Y/c1-6(2,3)5-7-9-10(4)8-5;/h4H2,1-3H3,(H,7,8,9);. The number of nitrogens with one attached hydrogen (secondary N) is 1. The van der Waals surface area contributed by atoms with Gasteiger partial charge >= 0.3 is 5.82 Å². The van der Waals surface area contributed by atoms with Crippen LogP contribution in [0.1, 0.15) is 26.6 Å². The van der Waals surface area contributed by atoms with Gasteiger partial charge in [-0.2, -0.15) is 11.8 Å². The van der Waals surface area contributed by atoms with Crippen molar-refractivity contribution in [2.75, 3.05) is 0 Å². The molecule has 1 heterocycles. The van der Waals surface area contributed by atoms with Crippen LogP contribution >= 0.6 is 0 Å². The summed E-state index contributed by atoms with van der Waals surface area (Å²) in [7, 11) is 3.54. The average Bonchev–Trinajstić information content (AvgIpc) is 2.11. The molecule has 0 aliphatic carbocycles. The molecule has 1 rings (SSSR count). The van der Waals surface area contributed by atoms with E-state index in [-0.39, 0.29) is 38.1 Å². The minimum Gasteiger partial charge on any atom is -0.196 e. The second-order valence-electron chi connectivity index (χ2n) is 3.28. The number of H-pyrrole nitrogens is 1. The summed E-state index contributed by atoms with van der Waals surface area (Å²) in [5.41, 5.74) is -0.000556. The van der Waals surface area contributed by atoms with Crippen LogP contribution in [0.2, 0.25) is 0 Å². The van der Waals surface area contributed by atoms with Gasteiger partial charge in [-0.1, -0.05) is 26.0 Å². The molecule has 0 saturated carbocycles. The zero-order valence-corrected chi connectivity index (χ0v) is 9.96. The molecule has 0 spiro atoms. The third-order valence-corrected chi connectivity index (χ3v) is 1.16. The van der Waals surface area contributed by atoms with Gasteiger partial charge in [-0.3, -0.25) is 0 Å². The predicted octanol–water partition coefficient (Wildman–Crippen LogP) is 0.0269. The number of aromatic amines is 1. The third kappa shape index (κ3) is 2.87. The Bertz CT molecular complexity index is 225. The molecular weight excluding hydrogens is 217 g/mol. The summed E-state index contributed by atoms with van der Waals surface area (Å²) in [6.45, 7) is 6.16. The predicted molar refractivity (Wildman–Crippen MR) is 36.0 cm³/mol. The number of hydrogen-bond acceptors (Lipinski definition) is 2. The van der Waals surface area contributed by atoms with Crippen molar-refractivity contribution in [3.8, 4) is 0 Å². The molecule has 1 aromatic heterocycles. The topological polar surface area (TPSA) is 45.5 Å². The fourth-order valence-electron chi connectivity index (χ4n) is 0.582. The van der Waals surface area contributed by atoms with E-state index in [1.54, 1.807) is 0 Å². The Hall–Kier alpha value is 0.0439. The maximum absolute atomic E-state index is 4.02. The average molecular weight is 229 g/mol. The van der Waals surface area contributed by atoms with Gasteiger partial charge in [0, 0.05) is 32.7 Å². The van der Waals surface area contributed by atoms with E-state index in [2.05, 4.69) is 43.2 Å². The first kappa shape index (κ1) is 11.0. The van der Waals surface area contributed by atoms with E-state index in [1.165, 1.54) is 4.80 Å².